The van der Waals surface area contributed by atoms with Gasteiger partial charge in [-0.15, -0.1) is 0 Å². The second-order valence-corrected chi connectivity index (χ2v) is 9.11. The van der Waals surface area contributed by atoms with Crippen LogP contribution in [0, 0.1) is 18.2 Å². The zero-order chi connectivity index (χ0) is 21.8. The van der Waals surface area contributed by atoms with Crippen molar-refractivity contribution in [3.05, 3.63) is 59.5 Å². The van der Waals surface area contributed by atoms with Crippen LogP contribution >= 0.6 is 11.6 Å². The molecule has 1 amide bonds. The monoisotopic (exact) mass is 438 g/mol. The van der Waals surface area contributed by atoms with E-state index in [2.05, 4.69) is 21.7 Å². The molecule has 1 N–H and O–H groups in total. The number of carbonyl (C=O) groups is 1. The summed E-state index contributed by atoms with van der Waals surface area (Å²) in [4.78, 5) is 15.9. The SMILES string of the molecule is C=CC(=O)N1CC2(CCN(c3ccc(F)c(-c4c(C)ccc5[nH]ncc45)c3Cl)CC2)C1. The molecule has 3 heterocycles. The molecule has 0 radical (unpaired) electrons. The number of hydrogen-bond acceptors (Lipinski definition) is 3. The van der Waals surface area contributed by atoms with Crippen LogP contribution < -0.4 is 4.90 Å². The average Bonchev–Trinajstić information content (AvgIpc) is 3.22. The first-order valence-electron chi connectivity index (χ1n) is 10.5. The average molecular weight is 439 g/mol. The minimum Gasteiger partial charge on any atom is -0.370 e. The highest BCUT2D eigenvalue weighted by Gasteiger charge is 2.46. The molecule has 5 nitrogen and oxygen atoms in total. The van der Waals surface area contributed by atoms with Crippen LogP contribution in [0.4, 0.5) is 10.1 Å². The number of rotatable bonds is 3. The maximum atomic E-state index is 15.1. The lowest BCUT2D eigenvalue weighted by atomic mass is 9.72. The molecule has 5 rings (SSSR count). The van der Waals surface area contributed by atoms with E-state index in [4.69, 9.17) is 11.6 Å². The minimum absolute atomic E-state index is 0.00284. The molecule has 2 aromatic carbocycles. The van der Waals surface area contributed by atoms with Crippen LogP contribution in [0.15, 0.2) is 43.1 Å². The fourth-order valence-corrected chi connectivity index (χ4v) is 5.43. The summed E-state index contributed by atoms with van der Waals surface area (Å²) in [7, 11) is 0. The number of nitrogens with one attached hydrogen (secondary N) is 1. The number of amides is 1. The second-order valence-electron chi connectivity index (χ2n) is 8.73. The summed E-state index contributed by atoms with van der Waals surface area (Å²) in [5.74, 6) is -0.334. The number of likely N-dealkylation sites (tertiary alicyclic amines) is 1. The van der Waals surface area contributed by atoms with E-state index in [-0.39, 0.29) is 17.1 Å². The topological polar surface area (TPSA) is 52.2 Å². The highest BCUT2D eigenvalue weighted by Crippen LogP contribution is 2.45. The van der Waals surface area contributed by atoms with Crippen molar-refractivity contribution >= 4 is 34.1 Å². The predicted molar refractivity (Wildman–Crippen MR) is 122 cm³/mol. The van der Waals surface area contributed by atoms with Gasteiger partial charge in [-0.1, -0.05) is 24.2 Å². The van der Waals surface area contributed by atoms with Crippen LogP contribution in [0.3, 0.4) is 0 Å². The lowest BCUT2D eigenvalue weighted by Crippen LogP contribution is -2.61. The molecule has 0 atom stereocenters. The van der Waals surface area contributed by atoms with E-state index in [1.165, 1.54) is 12.1 Å². The number of carbonyl (C=O) groups excluding carboxylic acids is 1. The summed E-state index contributed by atoms with van der Waals surface area (Å²) < 4.78 is 15.1. The third kappa shape index (κ3) is 3.21. The van der Waals surface area contributed by atoms with E-state index >= 15 is 4.39 Å². The van der Waals surface area contributed by atoms with E-state index in [1.807, 2.05) is 24.0 Å². The first-order valence-corrected chi connectivity index (χ1v) is 10.9. The lowest BCUT2D eigenvalue weighted by Gasteiger charge is -2.54. The van der Waals surface area contributed by atoms with Gasteiger partial charge in [-0.3, -0.25) is 9.89 Å². The van der Waals surface area contributed by atoms with E-state index < -0.39 is 0 Å². The Morgan fingerprint density at radius 2 is 1.97 bits per heavy atom. The second kappa shape index (κ2) is 7.38. The fraction of sp³-hybridized carbons (Fsp3) is 0.333. The van der Waals surface area contributed by atoms with E-state index in [0.29, 0.717) is 10.6 Å². The van der Waals surface area contributed by atoms with Crippen molar-refractivity contribution < 1.29 is 9.18 Å². The molecule has 0 aliphatic carbocycles. The molecule has 3 aromatic rings. The highest BCUT2D eigenvalue weighted by molar-refractivity contribution is 6.36. The summed E-state index contributed by atoms with van der Waals surface area (Å²) in [6.45, 7) is 8.76. The van der Waals surface area contributed by atoms with Crippen molar-refractivity contribution in [1.82, 2.24) is 15.1 Å². The number of fused-ring (bicyclic) bond motifs is 1. The Labute approximate surface area is 185 Å². The Bertz CT molecular complexity index is 1190. The van der Waals surface area contributed by atoms with Crippen molar-refractivity contribution in [2.24, 2.45) is 5.41 Å². The van der Waals surface area contributed by atoms with Gasteiger partial charge in [0, 0.05) is 48.1 Å². The smallest absolute Gasteiger partial charge is 0.245 e. The van der Waals surface area contributed by atoms with Gasteiger partial charge < -0.3 is 9.80 Å². The molecule has 7 heteroatoms. The van der Waals surface area contributed by atoms with E-state index in [0.717, 1.165) is 66.7 Å². The van der Waals surface area contributed by atoms with Gasteiger partial charge in [0.05, 0.1) is 22.4 Å². The van der Waals surface area contributed by atoms with Gasteiger partial charge in [-0.2, -0.15) is 5.10 Å². The molecular formula is C24H24ClFN4O. The van der Waals surface area contributed by atoms with E-state index in [1.54, 1.807) is 12.3 Å². The zero-order valence-corrected chi connectivity index (χ0v) is 18.2. The lowest BCUT2D eigenvalue weighted by molar-refractivity contribution is -0.139. The first-order chi connectivity index (χ1) is 14.9. The number of piperidine rings is 1. The van der Waals surface area contributed by atoms with Gasteiger partial charge in [0.25, 0.3) is 0 Å². The van der Waals surface area contributed by atoms with Crippen molar-refractivity contribution in [2.45, 2.75) is 19.8 Å². The normalized spacial score (nSPS) is 17.8. The van der Waals surface area contributed by atoms with Gasteiger partial charge in [0.15, 0.2) is 0 Å². The number of nitrogens with zero attached hydrogens (tertiary/aromatic N) is 3. The quantitative estimate of drug-likeness (QED) is 0.589. The summed E-state index contributed by atoms with van der Waals surface area (Å²) in [6, 6.07) is 7.18. The molecule has 0 unspecified atom stereocenters. The van der Waals surface area contributed by atoms with Gasteiger partial charge >= 0.3 is 0 Å². The van der Waals surface area contributed by atoms with Crippen molar-refractivity contribution in [3.63, 3.8) is 0 Å². The van der Waals surface area contributed by atoms with Crippen LogP contribution in [0.2, 0.25) is 5.02 Å². The highest BCUT2D eigenvalue weighted by atomic mass is 35.5. The van der Waals surface area contributed by atoms with Gasteiger partial charge in [-0.25, -0.2) is 4.39 Å². The van der Waals surface area contributed by atoms with Crippen LogP contribution in [0.1, 0.15) is 18.4 Å². The molecule has 2 saturated heterocycles. The molecule has 31 heavy (non-hydrogen) atoms. The number of aryl methyl sites for hydroxylation is 1. The molecule has 2 aliphatic rings. The number of H-pyrrole nitrogens is 1. The number of aromatic amines is 1. The van der Waals surface area contributed by atoms with Crippen molar-refractivity contribution in [2.75, 3.05) is 31.1 Å². The van der Waals surface area contributed by atoms with Gasteiger partial charge in [-0.05, 0) is 49.6 Å². The van der Waals surface area contributed by atoms with Crippen molar-refractivity contribution in [3.8, 4) is 11.1 Å². The Hall–Kier alpha value is -2.86. The number of hydrogen-bond donors (Lipinski definition) is 1. The standard InChI is InChI=1S/C24H24ClFN4O/c1-3-20(31)30-13-24(14-30)8-10-29(11-9-24)19-7-5-17(26)22(23(19)25)21-15(2)4-6-18-16(21)12-27-28-18/h3-7,12H,1,8-11,13-14H2,2H3,(H,27,28). The molecule has 160 valence electrons. The number of halogens is 2. The Balaban J connectivity index is 1.44. The summed E-state index contributed by atoms with van der Waals surface area (Å²) in [5, 5.41) is 8.37. The van der Waals surface area contributed by atoms with Crippen LogP contribution in [0.25, 0.3) is 22.0 Å². The molecule has 2 aliphatic heterocycles. The van der Waals surface area contributed by atoms with Crippen molar-refractivity contribution in [1.29, 1.82) is 0 Å². The third-order valence-corrected chi connectivity index (χ3v) is 7.24. The van der Waals surface area contributed by atoms with Crippen LogP contribution in [0.5, 0.6) is 0 Å². The fourth-order valence-electron chi connectivity index (χ4n) is 5.06. The van der Waals surface area contributed by atoms with Crippen LogP contribution in [-0.4, -0.2) is 47.2 Å². The molecule has 1 aromatic heterocycles. The minimum atomic E-state index is -0.336. The summed E-state index contributed by atoms with van der Waals surface area (Å²) in [6.07, 6.45) is 5.06. The Morgan fingerprint density at radius 1 is 1.23 bits per heavy atom. The first kappa shape index (κ1) is 20.1. The zero-order valence-electron chi connectivity index (χ0n) is 17.4. The largest absolute Gasteiger partial charge is 0.370 e. The van der Waals surface area contributed by atoms with Crippen LogP contribution in [-0.2, 0) is 4.79 Å². The van der Waals surface area contributed by atoms with Gasteiger partial charge in [0.1, 0.15) is 5.82 Å². The molecule has 0 saturated carbocycles. The van der Waals surface area contributed by atoms with E-state index in [9.17, 15) is 4.79 Å². The predicted octanol–water partition coefficient (Wildman–Crippen LogP) is 4.95. The number of anilines is 1. The van der Waals surface area contributed by atoms with Gasteiger partial charge in [0.2, 0.25) is 5.91 Å². The maximum absolute atomic E-state index is 15.1. The molecular weight excluding hydrogens is 415 g/mol. The Kier molecular flexibility index (Phi) is 4.77. The summed E-state index contributed by atoms with van der Waals surface area (Å²) in [5.41, 5.74) is 4.04. The maximum Gasteiger partial charge on any atom is 0.245 e. The number of benzene rings is 2. The number of aromatic nitrogens is 2. The Morgan fingerprint density at radius 3 is 2.68 bits per heavy atom. The molecule has 0 bridgehead atoms. The molecule has 1 spiro atoms. The summed E-state index contributed by atoms with van der Waals surface area (Å²) >= 11 is 6.85. The molecule has 2 fully saturated rings. The third-order valence-electron chi connectivity index (χ3n) is 6.86.